The minimum absolute atomic E-state index is 0.468. The summed E-state index contributed by atoms with van der Waals surface area (Å²) < 4.78 is 2.88. The van der Waals surface area contributed by atoms with Crippen molar-refractivity contribution >= 4 is 0 Å². The van der Waals surface area contributed by atoms with Gasteiger partial charge in [0.15, 0.2) is 0 Å². The standard InChI is InChI=1S/C15H18N2O2/c1-4-7-16-8-9-17(15(19)14(16)18)13-6-5-11(2)10-12(13)3/h5-6,8-10H,4,7H2,1-3H3. The van der Waals surface area contributed by atoms with E-state index in [1.807, 2.05) is 39.0 Å². The van der Waals surface area contributed by atoms with Crippen LogP contribution in [0.4, 0.5) is 0 Å². The molecule has 0 amide bonds. The third kappa shape index (κ3) is 2.52. The van der Waals surface area contributed by atoms with Gasteiger partial charge in [-0.2, -0.15) is 0 Å². The summed E-state index contributed by atoms with van der Waals surface area (Å²) in [4.78, 5) is 24.1. The molecule has 0 atom stereocenters. The fourth-order valence-electron chi connectivity index (χ4n) is 2.19. The van der Waals surface area contributed by atoms with E-state index >= 15 is 0 Å². The van der Waals surface area contributed by atoms with Crippen LogP contribution in [0.1, 0.15) is 24.5 Å². The second-order valence-corrected chi connectivity index (χ2v) is 4.76. The zero-order valence-corrected chi connectivity index (χ0v) is 11.5. The van der Waals surface area contributed by atoms with Gasteiger partial charge >= 0.3 is 11.1 Å². The lowest BCUT2D eigenvalue weighted by molar-refractivity contribution is 0.633. The molecule has 1 aromatic heterocycles. The highest BCUT2D eigenvalue weighted by atomic mass is 16.2. The van der Waals surface area contributed by atoms with Crippen LogP contribution in [0.2, 0.25) is 0 Å². The number of nitrogens with zero attached hydrogens (tertiary/aromatic N) is 2. The van der Waals surface area contributed by atoms with Crippen LogP contribution in [0.25, 0.3) is 5.69 Å². The highest BCUT2D eigenvalue weighted by molar-refractivity contribution is 5.42. The number of aromatic nitrogens is 2. The molecule has 19 heavy (non-hydrogen) atoms. The number of hydrogen-bond donors (Lipinski definition) is 0. The third-order valence-corrected chi connectivity index (χ3v) is 3.13. The zero-order chi connectivity index (χ0) is 14.0. The maximum absolute atomic E-state index is 12.1. The molecule has 4 nitrogen and oxygen atoms in total. The molecule has 0 bridgehead atoms. The SMILES string of the molecule is CCCn1ccn(-c2ccc(C)cc2C)c(=O)c1=O. The predicted molar refractivity (Wildman–Crippen MR) is 76.1 cm³/mol. The van der Waals surface area contributed by atoms with Crippen LogP contribution in [-0.2, 0) is 6.54 Å². The van der Waals surface area contributed by atoms with E-state index in [4.69, 9.17) is 0 Å². The summed E-state index contributed by atoms with van der Waals surface area (Å²) >= 11 is 0. The van der Waals surface area contributed by atoms with Crippen LogP contribution < -0.4 is 11.1 Å². The summed E-state index contributed by atoms with van der Waals surface area (Å²) in [5, 5.41) is 0. The minimum Gasteiger partial charge on any atom is -0.309 e. The van der Waals surface area contributed by atoms with Crippen LogP contribution in [0.15, 0.2) is 40.2 Å². The van der Waals surface area contributed by atoms with Gasteiger partial charge in [0.1, 0.15) is 0 Å². The summed E-state index contributed by atoms with van der Waals surface area (Å²) in [5.41, 5.74) is 1.91. The molecule has 0 spiro atoms. The van der Waals surface area contributed by atoms with Gasteiger partial charge in [-0.1, -0.05) is 24.6 Å². The summed E-state index contributed by atoms with van der Waals surface area (Å²) in [6.45, 7) is 6.48. The Morgan fingerprint density at radius 2 is 1.79 bits per heavy atom. The summed E-state index contributed by atoms with van der Waals surface area (Å²) in [7, 11) is 0. The van der Waals surface area contributed by atoms with Gasteiger partial charge in [-0.05, 0) is 31.9 Å². The maximum Gasteiger partial charge on any atom is 0.320 e. The molecule has 0 saturated heterocycles. The molecule has 0 aliphatic rings. The third-order valence-electron chi connectivity index (χ3n) is 3.13. The van der Waals surface area contributed by atoms with Crippen molar-refractivity contribution in [2.24, 2.45) is 0 Å². The normalized spacial score (nSPS) is 10.7. The van der Waals surface area contributed by atoms with Crippen molar-refractivity contribution in [1.82, 2.24) is 9.13 Å². The van der Waals surface area contributed by atoms with Crippen molar-refractivity contribution in [3.8, 4) is 5.69 Å². The van der Waals surface area contributed by atoms with Gasteiger partial charge in [0.25, 0.3) is 0 Å². The molecule has 2 rings (SSSR count). The van der Waals surface area contributed by atoms with Crippen molar-refractivity contribution in [3.05, 3.63) is 62.4 Å². The molecule has 2 aromatic rings. The highest BCUT2D eigenvalue weighted by Crippen LogP contribution is 2.13. The molecule has 0 saturated carbocycles. The average Bonchev–Trinajstić information content (AvgIpc) is 2.37. The van der Waals surface area contributed by atoms with E-state index in [0.29, 0.717) is 6.54 Å². The van der Waals surface area contributed by atoms with Crippen LogP contribution in [0, 0.1) is 13.8 Å². The largest absolute Gasteiger partial charge is 0.320 e. The molecule has 1 aromatic carbocycles. The van der Waals surface area contributed by atoms with E-state index in [9.17, 15) is 9.59 Å². The van der Waals surface area contributed by atoms with Gasteiger partial charge in [0, 0.05) is 18.9 Å². The van der Waals surface area contributed by atoms with Crippen molar-refractivity contribution in [2.45, 2.75) is 33.7 Å². The molecular weight excluding hydrogens is 240 g/mol. The molecule has 4 heteroatoms. The van der Waals surface area contributed by atoms with Crippen molar-refractivity contribution in [3.63, 3.8) is 0 Å². The highest BCUT2D eigenvalue weighted by Gasteiger charge is 2.08. The van der Waals surface area contributed by atoms with Gasteiger partial charge in [0.05, 0.1) is 5.69 Å². The lowest BCUT2D eigenvalue weighted by Gasteiger charge is -2.11. The maximum atomic E-state index is 12.1. The van der Waals surface area contributed by atoms with E-state index in [0.717, 1.165) is 23.2 Å². The Balaban J connectivity index is 2.61. The van der Waals surface area contributed by atoms with Crippen molar-refractivity contribution in [2.75, 3.05) is 0 Å². The lowest BCUT2D eigenvalue weighted by atomic mass is 10.1. The van der Waals surface area contributed by atoms with Crippen LogP contribution in [0.3, 0.4) is 0 Å². The molecule has 0 N–H and O–H groups in total. The van der Waals surface area contributed by atoms with E-state index in [2.05, 4.69) is 0 Å². The Labute approximate surface area is 111 Å². The quantitative estimate of drug-likeness (QED) is 0.791. The van der Waals surface area contributed by atoms with Crippen LogP contribution in [0.5, 0.6) is 0 Å². The first-order valence-corrected chi connectivity index (χ1v) is 6.44. The van der Waals surface area contributed by atoms with E-state index in [1.54, 1.807) is 12.4 Å². The first-order chi connectivity index (χ1) is 9.04. The first-order valence-electron chi connectivity index (χ1n) is 6.44. The monoisotopic (exact) mass is 258 g/mol. The molecule has 0 aliphatic heterocycles. The first kappa shape index (κ1) is 13.3. The average molecular weight is 258 g/mol. The molecule has 0 fully saturated rings. The molecule has 0 unspecified atom stereocenters. The summed E-state index contributed by atoms with van der Waals surface area (Å²) in [6.07, 6.45) is 4.16. The Kier molecular flexibility index (Phi) is 3.69. The van der Waals surface area contributed by atoms with Crippen molar-refractivity contribution < 1.29 is 0 Å². The summed E-state index contributed by atoms with van der Waals surface area (Å²) in [5.74, 6) is 0. The fraction of sp³-hybridized carbons (Fsp3) is 0.333. The van der Waals surface area contributed by atoms with Crippen molar-refractivity contribution in [1.29, 1.82) is 0 Å². The second kappa shape index (κ2) is 5.26. The Morgan fingerprint density at radius 1 is 1.05 bits per heavy atom. The molecule has 1 heterocycles. The molecule has 100 valence electrons. The summed E-state index contributed by atoms with van der Waals surface area (Å²) in [6, 6.07) is 5.81. The molecule has 0 aliphatic carbocycles. The Bertz CT molecular complexity index is 711. The van der Waals surface area contributed by atoms with Gasteiger partial charge in [-0.3, -0.25) is 14.2 Å². The van der Waals surface area contributed by atoms with Gasteiger partial charge in [-0.25, -0.2) is 0 Å². The van der Waals surface area contributed by atoms with Gasteiger partial charge in [0.2, 0.25) is 0 Å². The van der Waals surface area contributed by atoms with E-state index in [-0.39, 0.29) is 0 Å². The van der Waals surface area contributed by atoms with Crippen LogP contribution in [-0.4, -0.2) is 9.13 Å². The molecule has 0 radical (unpaired) electrons. The predicted octanol–water partition coefficient (Wildman–Crippen LogP) is 2.03. The Hall–Kier alpha value is -2.10. The number of aryl methyl sites for hydroxylation is 3. The number of rotatable bonds is 3. The second-order valence-electron chi connectivity index (χ2n) is 4.76. The van der Waals surface area contributed by atoms with Gasteiger partial charge in [-0.15, -0.1) is 0 Å². The van der Waals surface area contributed by atoms with Crippen LogP contribution >= 0.6 is 0 Å². The van der Waals surface area contributed by atoms with Gasteiger partial charge < -0.3 is 4.57 Å². The number of benzene rings is 1. The topological polar surface area (TPSA) is 44.0 Å². The zero-order valence-electron chi connectivity index (χ0n) is 11.5. The van der Waals surface area contributed by atoms with E-state index in [1.165, 1.54) is 9.13 Å². The molecular formula is C15H18N2O2. The lowest BCUT2D eigenvalue weighted by Crippen LogP contribution is -2.40. The Morgan fingerprint density at radius 3 is 2.42 bits per heavy atom. The smallest absolute Gasteiger partial charge is 0.309 e. The minimum atomic E-state index is -0.497. The fourth-order valence-corrected chi connectivity index (χ4v) is 2.19. The number of hydrogen-bond acceptors (Lipinski definition) is 2. The van der Waals surface area contributed by atoms with E-state index < -0.39 is 11.1 Å².